The van der Waals surface area contributed by atoms with Crippen LogP contribution in [0.15, 0.2) is 67.1 Å². The number of carbonyl (C=O) groups excluding carboxylic acids is 1. The lowest BCUT2D eigenvalue weighted by atomic mass is 10.1. The third kappa shape index (κ3) is 6.73. The van der Waals surface area contributed by atoms with Crippen LogP contribution in [0.25, 0.3) is 11.1 Å². The van der Waals surface area contributed by atoms with Gasteiger partial charge in [-0.25, -0.2) is 5.01 Å². The summed E-state index contributed by atoms with van der Waals surface area (Å²) < 4.78 is 1.74. The molecule has 0 aliphatic carbocycles. The average Bonchev–Trinajstić information content (AvgIpc) is 3.52. The van der Waals surface area contributed by atoms with Gasteiger partial charge >= 0.3 is 0 Å². The van der Waals surface area contributed by atoms with E-state index in [1.54, 1.807) is 16.9 Å². The SMILES string of the molecule is C=C(CN(CC(=O)NCCNC(C)C)c1cc(-c2cnn(C)c2)ccc1O)N(C)N1Cc2ccccc2C1. The van der Waals surface area contributed by atoms with E-state index in [0.717, 1.165) is 29.9 Å². The number of carbonyl (C=O) groups is 1. The van der Waals surface area contributed by atoms with Crippen molar-refractivity contribution in [1.29, 1.82) is 0 Å². The number of anilines is 1. The van der Waals surface area contributed by atoms with Gasteiger partial charge in [0.1, 0.15) is 5.75 Å². The van der Waals surface area contributed by atoms with E-state index >= 15 is 0 Å². The van der Waals surface area contributed by atoms with Crippen LogP contribution in [0.2, 0.25) is 0 Å². The topological polar surface area (TPSA) is 88.9 Å². The Kier molecular flexibility index (Phi) is 8.70. The number of hydrogen-bond acceptors (Lipinski definition) is 7. The number of rotatable bonds is 12. The van der Waals surface area contributed by atoms with Crippen molar-refractivity contribution < 1.29 is 9.90 Å². The van der Waals surface area contributed by atoms with Crippen molar-refractivity contribution in [2.75, 3.05) is 38.1 Å². The minimum atomic E-state index is -0.120. The summed E-state index contributed by atoms with van der Waals surface area (Å²) in [5.41, 5.74) is 5.84. The van der Waals surface area contributed by atoms with Gasteiger partial charge in [0, 0.05) is 63.8 Å². The van der Waals surface area contributed by atoms with E-state index in [4.69, 9.17) is 0 Å². The van der Waals surface area contributed by atoms with Crippen LogP contribution in [0.3, 0.4) is 0 Å². The quantitative estimate of drug-likeness (QED) is 0.318. The summed E-state index contributed by atoms with van der Waals surface area (Å²) in [4.78, 5) is 14.8. The van der Waals surface area contributed by atoms with Gasteiger partial charge in [0.15, 0.2) is 0 Å². The fourth-order valence-corrected chi connectivity index (χ4v) is 4.59. The Morgan fingerprint density at radius 2 is 1.82 bits per heavy atom. The van der Waals surface area contributed by atoms with Crippen molar-refractivity contribution in [2.24, 2.45) is 7.05 Å². The van der Waals surface area contributed by atoms with Gasteiger partial charge in [0.25, 0.3) is 0 Å². The van der Waals surface area contributed by atoms with Gasteiger partial charge in [0.2, 0.25) is 5.91 Å². The summed E-state index contributed by atoms with van der Waals surface area (Å²) in [6.07, 6.45) is 3.71. The van der Waals surface area contributed by atoms with Gasteiger partial charge in [-0.1, -0.05) is 50.8 Å². The van der Waals surface area contributed by atoms with Crippen LogP contribution in [-0.2, 0) is 24.9 Å². The Hall–Kier alpha value is -3.82. The fraction of sp³-hybridized carbons (Fsp3) is 0.379. The molecule has 0 unspecified atom stereocenters. The summed E-state index contributed by atoms with van der Waals surface area (Å²) in [5, 5.41) is 25.7. The van der Waals surface area contributed by atoms with E-state index in [2.05, 4.69) is 70.4 Å². The summed E-state index contributed by atoms with van der Waals surface area (Å²) in [6.45, 7) is 11.8. The molecule has 9 heteroatoms. The second-order valence-corrected chi connectivity index (χ2v) is 10.1. The molecule has 4 rings (SSSR count). The molecule has 0 atom stereocenters. The normalized spacial score (nSPS) is 13.0. The highest BCUT2D eigenvalue weighted by Gasteiger charge is 2.25. The van der Waals surface area contributed by atoms with Crippen LogP contribution in [0, 0.1) is 0 Å². The van der Waals surface area contributed by atoms with Crippen LogP contribution in [0.1, 0.15) is 25.0 Å². The van der Waals surface area contributed by atoms with Gasteiger partial charge in [-0.2, -0.15) is 5.10 Å². The molecule has 202 valence electrons. The Morgan fingerprint density at radius 3 is 2.45 bits per heavy atom. The predicted octanol–water partition coefficient (Wildman–Crippen LogP) is 3.09. The first-order valence-corrected chi connectivity index (χ1v) is 13.0. The third-order valence-electron chi connectivity index (χ3n) is 6.77. The minimum absolute atomic E-state index is 0.0822. The highest BCUT2D eigenvalue weighted by Crippen LogP contribution is 2.33. The van der Waals surface area contributed by atoms with Crippen LogP contribution in [0.5, 0.6) is 5.75 Å². The molecule has 0 radical (unpaired) electrons. The molecule has 0 bridgehead atoms. The van der Waals surface area contributed by atoms with E-state index in [9.17, 15) is 9.90 Å². The summed E-state index contributed by atoms with van der Waals surface area (Å²) in [5.74, 6) is -0.0123. The monoisotopic (exact) mass is 517 g/mol. The smallest absolute Gasteiger partial charge is 0.239 e. The number of phenolic OH excluding ortho intramolecular Hbond substituents is 1. The fourth-order valence-electron chi connectivity index (χ4n) is 4.59. The first-order valence-electron chi connectivity index (χ1n) is 13.0. The number of nitrogens with one attached hydrogen (secondary N) is 2. The highest BCUT2D eigenvalue weighted by atomic mass is 16.3. The third-order valence-corrected chi connectivity index (χ3v) is 6.77. The van der Waals surface area contributed by atoms with Crippen molar-refractivity contribution in [1.82, 2.24) is 30.4 Å². The number of phenols is 1. The zero-order chi connectivity index (χ0) is 27.2. The van der Waals surface area contributed by atoms with Crippen LogP contribution >= 0.6 is 0 Å². The standard InChI is InChI=1S/C29H39N7O2/c1-21(2)30-12-13-31-29(38)20-35(27-14-23(10-11-28(27)37)26-15-32-33(4)17-26)16-22(3)34(5)36-18-24-8-6-7-9-25(24)19-36/h6-11,14-15,17,21,30,37H,3,12-13,16,18-20H2,1-2,4-5H3,(H,31,38). The van der Waals surface area contributed by atoms with Crippen LogP contribution in [-0.4, -0.2) is 70.1 Å². The molecular weight excluding hydrogens is 478 g/mol. The van der Waals surface area contributed by atoms with E-state index in [0.29, 0.717) is 31.4 Å². The Bertz CT molecular complexity index is 1240. The molecule has 3 N–H and O–H groups in total. The number of aromatic nitrogens is 2. The number of amides is 1. The van der Waals surface area contributed by atoms with Crippen LogP contribution in [0.4, 0.5) is 5.69 Å². The molecule has 0 saturated heterocycles. The predicted molar refractivity (Wildman–Crippen MR) is 151 cm³/mol. The minimum Gasteiger partial charge on any atom is -0.506 e. The Morgan fingerprint density at radius 1 is 1.11 bits per heavy atom. The maximum atomic E-state index is 13.0. The van der Waals surface area contributed by atoms with Gasteiger partial charge in [-0.15, -0.1) is 0 Å². The van der Waals surface area contributed by atoms with Crippen molar-refractivity contribution in [2.45, 2.75) is 33.0 Å². The van der Waals surface area contributed by atoms with Crippen molar-refractivity contribution in [3.8, 4) is 16.9 Å². The summed E-state index contributed by atoms with van der Waals surface area (Å²) in [6, 6.07) is 14.2. The molecule has 1 amide bonds. The molecule has 1 aliphatic heterocycles. The number of fused-ring (bicyclic) bond motifs is 1. The van der Waals surface area contributed by atoms with Gasteiger partial charge in [-0.05, 0) is 28.8 Å². The van der Waals surface area contributed by atoms with E-state index in [1.165, 1.54) is 11.1 Å². The molecule has 0 spiro atoms. The van der Waals surface area contributed by atoms with Crippen molar-refractivity contribution in [3.05, 3.63) is 78.3 Å². The van der Waals surface area contributed by atoms with Gasteiger partial charge in [0.05, 0.1) is 25.0 Å². The first-order chi connectivity index (χ1) is 18.2. The molecule has 2 heterocycles. The summed E-state index contributed by atoms with van der Waals surface area (Å²) >= 11 is 0. The molecule has 2 aromatic carbocycles. The number of hydrogen-bond donors (Lipinski definition) is 3. The molecule has 3 aromatic rings. The first kappa shape index (κ1) is 27.2. The van der Waals surface area contributed by atoms with E-state index < -0.39 is 0 Å². The molecule has 1 aliphatic rings. The summed E-state index contributed by atoms with van der Waals surface area (Å²) in [7, 11) is 3.86. The number of benzene rings is 2. The van der Waals surface area contributed by atoms with E-state index in [-0.39, 0.29) is 18.2 Å². The lowest BCUT2D eigenvalue weighted by molar-refractivity contribution is -0.119. The zero-order valence-electron chi connectivity index (χ0n) is 22.8. The lowest BCUT2D eigenvalue weighted by Gasteiger charge is -2.35. The van der Waals surface area contributed by atoms with Crippen molar-refractivity contribution in [3.63, 3.8) is 0 Å². The lowest BCUT2D eigenvalue weighted by Crippen LogP contribution is -2.44. The van der Waals surface area contributed by atoms with Crippen molar-refractivity contribution >= 4 is 11.6 Å². The van der Waals surface area contributed by atoms with Gasteiger partial charge in [-0.3, -0.25) is 9.48 Å². The largest absolute Gasteiger partial charge is 0.506 e. The molecule has 0 saturated carbocycles. The Balaban J connectivity index is 1.52. The Labute approximate surface area is 225 Å². The van der Waals surface area contributed by atoms with E-state index in [1.807, 2.05) is 37.3 Å². The second kappa shape index (κ2) is 12.1. The molecule has 0 fully saturated rings. The maximum Gasteiger partial charge on any atom is 0.239 e. The molecule has 9 nitrogen and oxygen atoms in total. The second-order valence-electron chi connectivity index (χ2n) is 10.1. The highest BCUT2D eigenvalue weighted by molar-refractivity contribution is 5.83. The maximum absolute atomic E-state index is 13.0. The number of nitrogens with zero attached hydrogens (tertiary/aromatic N) is 5. The van der Waals surface area contributed by atoms with Gasteiger partial charge < -0.3 is 25.6 Å². The molecular formula is C29H39N7O2. The average molecular weight is 518 g/mol. The number of hydrazine groups is 1. The molecule has 38 heavy (non-hydrogen) atoms. The zero-order valence-corrected chi connectivity index (χ0v) is 22.8. The molecule has 1 aromatic heterocycles. The number of aryl methyl sites for hydroxylation is 1. The number of likely N-dealkylation sites (N-methyl/N-ethyl adjacent to an activating group) is 1. The van der Waals surface area contributed by atoms with Crippen LogP contribution < -0.4 is 15.5 Å². The number of aromatic hydroxyl groups is 1.